The smallest absolute Gasteiger partial charge is 0.207 e. The minimum absolute atomic E-state index is 0.150. The summed E-state index contributed by atoms with van der Waals surface area (Å²) in [4.78, 5) is 9.78. The predicted octanol–water partition coefficient (Wildman–Crippen LogP) is -0.284. The normalized spacial score (nSPS) is 16.3. The van der Waals surface area contributed by atoms with Gasteiger partial charge in [0.05, 0.1) is 0 Å². The number of nitrogens with two attached hydrogens (primary N) is 1. The Hall–Kier alpha value is -0.570. The molecule has 54 valence electrons. The summed E-state index contributed by atoms with van der Waals surface area (Å²) >= 11 is 0. The summed E-state index contributed by atoms with van der Waals surface area (Å²) < 4.78 is 0. The molecular weight excluding hydrogens is 116 g/mol. The minimum atomic E-state index is 0.150. The third-order valence-corrected chi connectivity index (χ3v) is 1.42. The van der Waals surface area contributed by atoms with Crippen molar-refractivity contribution in [3.05, 3.63) is 0 Å². The molecule has 2 atom stereocenters. The van der Waals surface area contributed by atoms with Crippen LogP contribution in [0.25, 0.3) is 0 Å². The Labute approximate surface area is 55.6 Å². The van der Waals surface area contributed by atoms with Crippen LogP contribution in [0.4, 0.5) is 0 Å². The van der Waals surface area contributed by atoms with E-state index in [9.17, 15) is 4.79 Å². The summed E-state index contributed by atoms with van der Waals surface area (Å²) in [6, 6.07) is 0.150. The van der Waals surface area contributed by atoms with E-state index in [4.69, 9.17) is 5.73 Å². The molecule has 0 aromatic carbocycles. The molecule has 0 fully saturated rings. The maximum atomic E-state index is 9.78. The van der Waals surface area contributed by atoms with Crippen LogP contribution in [0.3, 0.4) is 0 Å². The molecule has 1 amide bonds. The fourth-order valence-corrected chi connectivity index (χ4v) is 0.420. The van der Waals surface area contributed by atoms with Crippen molar-refractivity contribution in [2.75, 3.05) is 6.54 Å². The lowest BCUT2D eigenvalue weighted by Gasteiger charge is -2.13. The average Bonchev–Trinajstić information content (AvgIpc) is 1.82. The zero-order valence-corrected chi connectivity index (χ0v) is 5.92. The lowest BCUT2D eigenvalue weighted by molar-refractivity contribution is -0.109. The van der Waals surface area contributed by atoms with Gasteiger partial charge in [0, 0.05) is 12.6 Å². The lowest BCUT2D eigenvalue weighted by Crippen LogP contribution is -2.32. The first kappa shape index (κ1) is 8.43. The largest absolute Gasteiger partial charge is 0.358 e. The molecule has 0 saturated carbocycles. The van der Waals surface area contributed by atoms with Crippen molar-refractivity contribution in [2.45, 2.75) is 19.9 Å². The number of carbonyl (C=O) groups is 1. The summed E-state index contributed by atoms with van der Waals surface area (Å²) in [6.07, 6.45) is 0.693. The van der Waals surface area contributed by atoms with Crippen molar-refractivity contribution in [3.63, 3.8) is 0 Å². The van der Waals surface area contributed by atoms with Crippen molar-refractivity contribution < 1.29 is 4.79 Å². The Morgan fingerprint density at radius 2 is 2.22 bits per heavy atom. The molecule has 0 unspecified atom stereocenters. The van der Waals surface area contributed by atoms with Gasteiger partial charge in [0.1, 0.15) is 0 Å². The number of carbonyl (C=O) groups excluding carboxylic acids is 1. The van der Waals surface area contributed by atoms with Crippen LogP contribution in [0.1, 0.15) is 13.8 Å². The second-order valence-electron chi connectivity index (χ2n) is 2.36. The number of nitrogens with one attached hydrogen (secondary N) is 1. The predicted molar refractivity (Wildman–Crippen MR) is 36.9 cm³/mol. The first-order valence-corrected chi connectivity index (χ1v) is 3.11. The zero-order chi connectivity index (χ0) is 7.28. The van der Waals surface area contributed by atoms with Crippen LogP contribution in [0.5, 0.6) is 0 Å². The molecule has 0 aliphatic rings. The summed E-state index contributed by atoms with van der Waals surface area (Å²) in [6.45, 7) is 4.60. The van der Waals surface area contributed by atoms with Gasteiger partial charge in [0.25, 0.3) is 0 Å². The zero-order valence-electron chi connectivity index (χ0n) is 5.92. The van der Waals surface area contributed by atoms with Gasteiger partial charge in [0.2, 0.25) is 6.41 Å². The summed E-state index contributed by atoms with van der Waals surface area (Å²) in [5, 5.41) is 2.57. The molecular formula is C6H14N2O. The molecule has 0 aliphatic heterocycles. The van der Waals surface area contributed by atoms with Crippen LogP contribution in [0.2, 0.25) is 0 Å². The fraction of sp³-hybridized carbons (Fsp3) is 0.833. The lowest BCUT2D eigenvalue weighted by atomic mass is 10.1. The van der Waals surface area contributed by atoms with Crippen LogP contribution in [-0.4, -0.2) is 19.0 Å². The van der Waals surface area contributed by atoms with Gasteiger partial charge in [-0.2, -0.15) is 0 Å². The van der Waals surface area contributed by atoms with Crippen molar-refractivity contribution in [3.8, 4) is 0 Å². The first-order valence-electron chi connectivity index (χ1n) is 3.11. The van der Waals surface area contributed by atoms with Crippen LogP contribution < -0.4 is 11.1 Å². The van der Waals surface area contributed by atoms with E-state index in [-0.39, 0.29) is 6.04 Å². The fourth-order valence-electron chi connectivity index (χ4n) is 0.420. The van der Waals surface area contributed by atoms with Crippen LogP contribution >= 0.6 is 0 Å². The molecule has 0 rings (SSSR count). The topological polar surface area (TPSA) is 55.1 Å². The maximum Gasteiger partial charge on any atom is 0.207 e. The van der Waals surface area contributed by atoms with E-state index in [0.29, 0.717) is 18.9 Å². The van der Waals surface area contributed by atoms with Crippen molar-refractivity contribution in [1.29, 1.82) is 0 Å². The van der Waals surface area contributed by atoms with Crippen LogP contribution in [-0.2, 0) is 4.79 Å². The summed E-state index contributed by atoms with van der Waals surface area (Å²) in [5.41, 5.74) is 5.52. The number of rotatable bonds is 4. The van der Waals surface area contributed by atoms with Gasteiger partial charge >= 0.3 is 0 Å². The molecule has 0 heterocycles. The molecule has 3 heteroatoms. The van der Waals surface area contributed by atoms with Crippen molar-refractivity contribution in [2.24, 2.45) is 11.7 Å². The maximum absolute atomic E-state index is 9.78. The van der Waals surface area contributed by atoms with Crippen LogP contribution in [0.15, 0.2) is 0 Å². The first-order chi connectivity index (χ1) is 4.18. The molecule has 3 nitrogen and oxygen atoms in total. The highest BCUT2D eigenvalue weighted by molar-refractivity contribution is 5.45. The van der Waals surface area contributed by atoms with E-state index in [2.05, 4.69) is 5.32 Å². The second-order valence-corrected chi connectivity index (χ2v) is 2.36. The van der Waals surface area contributed by atoms with E-state index in [1.54, 1.807) is 0 Å². The van der Waals surface area contributed by atoms with E-state index >= 15 is 0 Å². The Bertz CT molecular complexity index is 83.1. The van der Waals surface area contributed by atoms with Gasteiger partial charge in [-0.15, -0.1) is 0 Å². The Kier molecular flexibility index (Phi) is 4.05. The molecule has 3 N–H and O–H groups in total. The third-order valence-electron chi connectivity index (χ3n) is 1.42. The molecule has 0 aromatic heterocycles. The van der Waals surface area contributed by atoms with Gasteiger partial charge < -0.3 is 11.1 Å². The third kappa shape index (κ3) is 3.97. The van der Waals surface area contributed by atoms with E-state index in [1.807, 2.05) is 13.8 Å². The molecule has 0 aromatic rings. The highest BCUT2D eigenvalue weighted by Crippen LogP contribution is 1.95. The Morgan fingerprint density at radius 1 is 1.67 bits per heavy atom. The Balaban J connectivity index is 3.26. The van der Waals surface area contributed by atoms with Gasteiger partial charge in [-0.3, -0.25) is 4.79 Å². The van der Waals surface area contributed by atoms with Gasteiger partial charge in [0.15, 0.2) is 0 Å². The molecule has 9 heavy (non-hydrogen) atoms. The number of amides is 1. The SMILES string of the molecule is C[C@@H](N)[C@@H](C)CNC=O. The summed E-state index contributed by atoms with van der Waals surface area (Å²) in [5.74, 6) is 0.357. The standard InChI is InChI=1S/C6H14N2O/c1-5(6(2)7)3-8-4-9/h4-6H,3,7H2,1-2H3,(H,8,9)/t5-,6+/m0/s1. The quantitative estimate of drug-likeness (QED) is 0.514. The number of hydrogen-bond donors (Lipinski definition) is 2. The van der Waals surface area contributed by atoms with Gasteiger partial charge in [-0.05, 0) is 12.8 Å². The molecule has 0 radical (unpaired) electrons. The highest BCUT2D eigenvalue weighted by Gasteiger charge is 2.04. The molecule has 0 aliphatic carbocycles. The minimum Gasteiger partial charge on any atom is -0.358 e. The molecule has 0 spiro atoms. The van der Waals surface area contributed by atoms with Crippen molar-refractivity contribution in [1.82, 2.24) is 5.32 Å². The Morgan fingerprint density at radius 3 is 2.56 bits per heavy atom. The van der Waals surface area contributed by atoms with Gasteiger partial charge in [-0.1, -0.05) is 6.92 Å². The summed E-state index contributed by atoms with van der Waals surface area (Å²) in [7, 11) is 0. The van der Waals surface area contributed by atoms with Gasteiger partial charge in [-0.25, -0.2) is 0 Å². The van der Waals surface area contributed by atoms with Crippen molar-refractivity contribution >= 4 is 6.41 Å². The molecule has 0 bridgehead atoms. The monoisotopic (exact) mass is 130 g/mol. The highest BCUT2D eigenvalue weighted by atomic mass is 16.1. The van der Waals surface area contributed by atoms with Crippen LogP contribution in [0, 0.1) is 5.92 Å². The second kappa shape index (κ2) is 4.32. The van der Waals surface area contributed by atoms with E-state index < -0.39 is 0 Å². The molecule has 0 saturated heterocycles. The van der Waals surface area contributed by atoms with E-state index in [0.717, 1.165) is 0 Å². The average molecular weight is 130 g/mol. The van der Waals surface area contributed by atoms with E-state index in [1.165, 1.54) is 0 Å². The number of hydrogen-bond acceptors (Lipinski definition) is 2.